The number of hydrogen-bond acceptors (Lipinski definition) is 4. The van der Waals surface area contributed by atoms with Gasteiger partial charge in [-0.15, -0.1) is 10.2 Å². The molecule has 0 unspecified atom stereocenters. The quantitative estimate of drug-likeness (QED) is 0.784. The Hall–Kier alpha value is -1.60. The first-order valence-corrected chi connectivity index (χ1v) is 9.30. The Morgan fingerprint density at radius 2 is 2.12 bits per heavy atom. The van der Waals surface area contributed by atoms with E-state index in [9.17, 15) is 9.18 Å². The van der Waals surface area contributed by atoms with Crippen molar-refractivity contribution < 1.29 is 9.18 Å². The molecule has 2 fully saturated rings. The number of hydrogen-bond donors (Lipinski definition) is 1. The molecule has 2 aromatic rings. The van der Waals surface area contributed by atoms with E-state index in [1.807, 2.05) is 0 Å². The summed E-state index contributed by atoms with van der Waals surface area (Å²) < 4.78 is 15.9. The van der Waals surface area contributed by atoms with Crippen LogP contribution in [-0.2, 0) is 4.79 Å². The normalized spacial score (nSPS) is 17.1. The SMILES string of the molecule is O=C(CSc1nnc(C2CC2)n1C1CC1)Nc1ccc(Cl)cc1F. The molecule has 1 aromatic carbocycles. The number of halogens is 2. The summed E-state index contributed by atoms with van der Waals surface area (Å²) in [6.45, 7) is 0. The topological polar surface area (TPSA) is 59.8 Å². The zero-order valence-electron chi connectivity index (χ0n) is 12.8. The van der Waals surface area contributed by atoms with Gasteiger partial charge < -0.3 is 9.88 Å². The van der Waals surface area contributed by atoms with Crippen LogP contribution in [0.5, 0.6) is 0 Å². The van der Waals surface area contributed by atoms with Crippen LogP contribution in [0, 0.1) is 5.82 Å². The molecule has 1 amide bonds. The maximum atomic E-state index is 13.7. The molecule has 2 aliphatic carbocycles. The highest BCUT2D eigenvalue weighted by Gasteiger charge is 2.36. The zero-order chi connectivity index (χ0) is 16.7. The van der Waals surface area contributed by atoms with Gasteiger partial charge in [-0.3, -0.25) is 4.79 Å². The Kier molecular flexibility index (Phi) is 4.22. The second kappa shape index (κ2) is 6.37. The van der Waals surface area contributed by atoms with Gasteiger partial charge in [0.15, 0.2) is 5.16 Å². The van der Waals surface area contributed by atoms with Crippen molar-refractivity contribution in [1.29, 1.82) is 0 Å². The van der Waals surface area contributed by atoms with Gasteiger partial charge in [0.05, 0.1) is 11.4 Å². The Morgan fingerprint density at radius 1 is 1.33 bits per heavy atom. The average Bonchev–Trinajstić information content (AvgIpc) is 3.47. The molecule has 1 N–H and O–H groups in total. The van der Waals surface area contributed by atoms with Crippen LogP contribution in [0.1, 0.15) is 43.5 Å². The molecule has 0 bridgehead atoms. The van der Waals surface area contributed by atoms with Crippen LogP contribution in [0.3, 0.4) is 0 Å². The van der Waals surface area contributed by atoms with Crippen molar-refractivity contribution in [1.82, 2.24) is 14.8 Å². The molecular weight excluding hydrogens is 351 g/mol. The molecule has 0 saturated heterocycles. The third-order valence-corrected chi connectivity index (χ3v) is 5.26. The van der Waals surface area contributed by atoms with Crippen LogP contribution in [-0.4, -0.2) is 26.4 Å². The van der Waals surface area contributed by atoms with Crippen LogP contribution >= 0.6 is 23.4 Å². The molecule has 2 saturated carbocycles. The molecule has 1 aromatic heterocycles. The molecule has 2 aliphatic rings. The van der Waals surface area contributed by atoms with Crippen LogP contribution in [0.2, 0.25) is 5.02 Å². The average molecular weight is 367 g/mol. The molecule has 126 valence electrons. The van der Waals surface area contributed by atoms with E-state index in [1.165, 1.54) is 36.7 Å². The van der Waals surface area contributed by atoms with Gasteiger partial charge in [-0.05, 0) is 43.9 Å². The van der Waals surface area contributed by atoms with Gasteiger partial charge in [-0.2, -0.15) is 0 Å². The van der Waals surface area contributed by atoms with Gasteiger partial charge in [0, 0.05) is 17.0 Å². The molecule has 0 atom stereocenters. The lowest BCUT2D eigenvalue weighted by molar-refractivity contribution is -0.113. The summed E-state index contributed by atoms with van der Waals surface area (Å²) in [5.41, 5.74) is 0.132. The van der Waals surface area contributed by atoms with Crippen molar-refractivity contribution in [3.05, 3.63) is 34.9 Å². The summed E-state index contributed by atoms with van der Waals surface area (Å²) in [6, 6.07) is 4.66. The van der Waals surface area contributed by atoms with Crippen molar-refractivity contribution in [2.75, 3.05) is 11.1 Å². The number of amides is 1. The maximum Gasteiger partial charge on any atom is 0.234 e. The van der Waals surface area contributed by atoms with Gasteiger partial charge >= 0.3 is 0 Å². The van der Waals surface area contributed by atoms with E-state index in [0.717, 1.165) is 23.8 Å². The summed E-state index contributed by atoms with van der Waals surface area (Å²) in [7, 11) is 0. The van der Waals surface area contributed by atoms with Crippen molar-refractivity contribution in [3.8, 4) is 0 Å². The van der Waals surface area contributed by atoms with E-state index in [2.05, 4.69) is 20.1 Å². The molecule has 0 radical (unpaired) electrons. The number of aromatic nitrogens is 3. The van der Waals surface area contributed by atoms with Crippen molar-refractivity contribution in [3.63, 3.8) is 0 Å². The van der Waals surface area contributed by atoms with Crippen LogP contribution in [0.25, 0.3) is 0 Å². The number of carbonyl (C=O) groups is 1. The Bertz CT molecular complexity index is 788. The van der Waals surface area contributed by atoms with Gasteiger partial charge in [0.25, 0.3) is 0 Å². The number of benzene rings is 1. The molecule has 0 spiro atoms. The van der Waals surface area contributed by atoms with E-state index in [1.54, 1.807) is 6.07 Å². The summed E-state index contributed by atoms with van der Waals surface area (Å²) >= 11 is 7.05. The van der Waals surface area contributed by atoms with Gasteiger partial charge in [-0.1, -0.05) is 23.4 Å². The number of thioether (sulfide) groups is 1. The van der Waals surface area contributed by atoms with Gasteiger partial charge in [0.2, 0.25) is 5.91 Å². The van der Waals surface area contributed by atoms with Crippen molar-refractivity contribution in [2.24, 2.45) is 0 Å². The first-order chi connectivity index (χ1) is 11.6. The van der Waals surface area contributed by atoms with E-state index >= 15 is 0 Å². The highest BCUT2D eigenvalue weighted by Crippen LogP contribution is 2.45. The zero-order valence-corrected chi connectivity index (χ0v) is 14.4. The third kappa shape index (κ3) is 3.42. The van der Waals surface area contributed by atoms with Crippen molar-refractivity contribution in [2.45, 2.75) is 42.8 Å². The minimum atomic E-state index is -0.544. The largest absolute Gasteiger partial charge is 0.323 e. The molecular formula is C16H16ClFN4OS. The van der Waals surface area contributed by atoms with Gasteiger partial charge in [-0.25, -0.2) is 4.39 Å². The fourth-order valence-electron chi connectivity index (χ4n) is 2.59. The number of nitrogens with one attached hydrogen (secondary N) is 1. The minimum absolute atomic E-state index is 0.132. The Morgan fingerprint density at radius 3 is 2.79 bits per heavy atom. The lowest BCUT2D eigenvalue weighted by Crippen LogP contribution is -2.15. The van der Waals surface area contributed by atoms with E-state index in [4.69, 9.17) is 11.6 Å². The smallest absolute Gasteiger partial charge is 0.234 e. The fraction of sp³-hybridized carbons (Fsp3) is 0.438. The molecule has 8 heteroatoms. The van der Waals surface area contributed by atoms with Crippen LogP contribution in [0.4, 0.5) is 10.1 Å². The fourth-order valence-corrected chi connectivity index (χ4v) is 3.56. The molecule has 24 heavy (non-hydrogen) atoms. The molecule has 5 nitrogen and oxygen atoms in total. The summed E-state index contributed by atoms with van der Waals surface area (Å²) in [6.07, 6.45) is 4.64. The first-order valence-electron chi connectivity index (χ1n) is 7.94. The predicted octanol–water partition coefficient (Wildman–Crippen LogP) is 4.01. The number of anilines is 1. The minimum Gasteiger partial charge on any atom is -0.323 e. The third-order valence-electron chi connectivity index (χ3n) is 4.08. The molecule has 1 heterocycles. The molecule has 0 aliphatic heterocycles. The van der Waals surface area contributed by atoms with Crippen LogP contribution < -0.4 is 5.32 Å². The second-order valence-electron chi connectivity index (χ2n) is 6.18. The van der Waals surface area contributed by atoms with E-state index < -0.39 is 5.82 Å². The summed E-state index contributed by atoms with van der Waals surface area (Å²) in [5, 5.41) is 12.2. The standard InChI is InChI=1S/C16H16ClFN4OS/c17-10-3-6-13(12(18)7-10)19-14(23)8-24-16-21-20-15(9-1-2-9)22(16)11-4-5-11/h3,6-7,9,11H,1-2,4-5,8H2,(H,19,23). The van der Waals surface area contributed by atoms with Gasteiger partial charge in [0.1, 0.15) is 11.6 Å². The summed E-state index contributed by atoms with van der Waals surface area (Å²) in [4.78, 5) is 12.1. The van der Waals surface area contributed by atoms with E-state index in [0.29, 0.717) is 17.0 Å². The number of nitrogens with zero attached hydrogens (tertiary/aromatic N) is 3. The highest BCUT2D eigenvalue weighted by molar-refractivity contribution is 7.99. The first kappa shape index (κ1) is 15.9. The summed E-state index contributed by atoms with van der Waals surface area (Å²) in [5.74, 6) is 0.934. The Balaban J connectivity index is 1.40. The lowest BCUT2D eigenvalue weighted by atomic mass is 10.3. The monoisotopic (exact) mass is 366 g/mol. The Labute approximate surface area is 148 Å². The highest BCUT2D eigenvalue weighted by atomic mass is 35.5. The number of rotatable bonds is 6. The predicted molar refractivity (Wildman–Crippen MR) is 91.0 cm³/mol. The van der Waals surface area contributed by atoms with Crippen molar-refractivity contribution >= 4 is 35.0 Å². The maximum absolute atomic E-state index is 13.7. The lowest BCUT2D eigenvalue weighted by Gasteiger charge is -2.09. The van der Waals surface area contributed by atoms with Crippen LogP contribution in [0.15, 0.2) is 23.4 Å². The second-order valence-corrected chi connectivity index (χ2v) is 7.56. The number of carbonyl (C=O) groups excluding carboxylic acids is 1. The van der Waals surface area contributed by atoms with E-state index in [-0.39, 0.29) is 17.3 Å². The molecule has 4 rings (SSSR count).